The van der Waals surface area contributed by atoms with Gasteiger partial charge in [0, 0.05) is 19.5 Å². The highest BCUT2D eigenvalue weighted by Gasteiger charge is 2.47. The van der Waals surface area contributed by atoms with Crippen LogP contribution in [0.1, 0.15) is 70.4 Å². The number of esters is 1. The molecule has 4 rings (SSSR count). The number of methoxy groups -OCH3 is 1. The lowest BCUT2D eigenvalue weighted by Gasteiger charge is -2.34. The Morgan fingerprint density at radius 2 is 1.65 bits per heavy atom. The van der Waals surface area contributed by atoms with Crippen LogP contribution in [0, 0.1) is 5.41 Å². The van der Waals surface area contributed by atoms with Crippen molar-refractivity contribution in [1.29, 1.82) is 0 Å². The van der Waals surface area contributed by atoms with Gasteiger partial charge in [0.1, 0.15) is 23.9 Å². The molecule has 3 aliphatic heterocycles. The Bertz CT molecular complexity index is 1100. The van der Waals surface area contributed by atoms with Crippen LogP contribution in [0.15, 0.2) is 18.2 Å². The zero-order valence-electron chi connectivity index (χ0n) is 23.9. The van der Waals surface area contributed by atoms with Crippen molar-refractivity contribution in [2.75, 3.05) is 26.9 Å². The second-order valence-electron chi connectivity index (χ2n) is 11.8. The van der Waals surface area contributed by atoms with Gasteiger partial charge in [-0.05, 0) is 41.5 Å². The van der Waals surface area contributed by atoms with Crippen LogP contribution in [0.25, 0.3) is 0 Å². The third-order valence-corrected chi connectivity index (χ3v) is 7.61. The summed E-state index contributed by atoms with van der Waals surface area (Å²) in [7, 11) is 1.25. The molecule has 1 N–H and O–H groups in total. The van der Waals surface area contributed by atoms with E-state index in [2.05, 4.69) is 5.32 Å². The summed E-state index contributed by atoms with van der Waals surface area (Å²) in [6.45, 7) is 7.11. The summed E-state index contributed by atoms with van der Waals surface area (Å²) >= 11 is 0. The van der Waals surface area contributed by atoms with Crippen LogP contribution in [0.4, 0.5) is 9.59 Å². The quantitative estimate of drug-likeness (QED) is 0.408. The fourth-order valence-corrected chi connectivity index (χ4v) is 5.36. The molecule has 3 atom stereocenters. The summed E-state index contributed by atoms with van der Waals surface area (Å²) in [6, 6.07) is 3.95. The van der Waals surface area contributed by atoms with Crippen molar-refractivity contribution in [2.24, 2.45) is 5.41 Å². The number of benzene rings is 1. The number of carbonyl (C=O) groups is 4. The number of alkyl carbamates (subject to hydrolysis) is 1. The Hall–Kier alpha value is -3.50. The van der Waals surface area contributed by atoms with Crippen molar-refractivity contribution in [1.82, 2.24) is 15.1 Å². The summed E-state index contributed by atoms with van der Waals surface area (Å²) in [4.78, 5) is 55.1. The molecule has 0 spiro atoms. The van der Waals surface area contributed by atoms with E-state index in [0.717, 1.165) is 42.6 Å². The van der Waals surface area contributed by atoms with E-state index in [1.54, 1.807) is 4.90 Å². The number of nitrogens with one attached hydrogen (secondary N) is 1. The Balaban J connectivity index is 1.53. The number of nitrogens with zero attached hydrogens (tertiary/aromatic N) is 2. The molecule has 3 amide bonds. The van der Waals surface area contributed by atoms with E-state index in [9.17, 15) is 19.2 Å². The standard InChI is InChI=1S/C29H41N3O8/c1-29(2,3)24-25(33)32-18-22(15-23(32)26(34)37-4)40-28(36)31-16-19-10-11-21(14-20(19)17-31)38-12-8-6-5-7-9-13-39-27(35)30-24/h10-11,14,22-24H,5-9,12-13,15-18H2,1-4H3,(H,30,35)/t22-,23?,24-/m1/s1. The predicted octanol–water partition coefficient (Wildman–Crippen LogP) is 3.77. The summed E-state index contributed by atoms with van der Waals surface area (Å²) in [5.41, 5.74) is 1.35. The van der Waals surface area contributed by atoms with Crippen molar-refractivity contribution in [3.63, 3.8) is 0 Å². The maximum Gasteiger partial charge on any atom is 0.410 e. The largest absolute Gasteiger partial charge is 0.494 e. The van der Waals surface area contributed by atoms with Crippen molar-refractivity contribution < 1.29 is 38.1 Å². The lowest BCUT2D eigenvalue weighted by molar-refractivity contribution is -0.152. The summed E-state index contributed by atoms with van der Waals surface area (Å²) in [5.74, 6) is -0.298. The minimum absolute atomic E-state index is 0.00637. The van der Waals surface area contributed by atoms with Crippen LogP contribution in [0.5, 0.6) is 5.75 Å². The number of cyclic esters (lactones) is 1. The number of ether oxygens (including phenoxy) is 4. The molecule has 0 aromatic heterocycles. The predicted molar refractivity (Wildman–Crippen MR) is 144 cm³/mol. The molecule has 1 fully saturated rings. The number of fused-ring (bicyclic) bond motifs is 4. The SMILES string of the molecule is COC(=O)C1C[C@@H]2CN1C(=O)[C@H](C(C)(C)C)NC(=O)OCCCCCCCOc1ccc3c(c1)CN(C3)C(=O)O2. The lowest BCUT2D eigenvalue weighted by atomic mass is 9.85. The first kappa shape index (κ1) is 29.5. The molecule has 3 aliphatic rings. The van der Waals surface area contributed by atoms with Gasteiger partial charge in [-0.1, -0.05) is 46.1 Å². The van der Waals surface area contributed by atoms with E-state index < -0.39 is 47.7 Å². The maximum absolute atomic E-state index is 13.8. The van der Waals surface area contributed by atoms with Gasteiger partial charge in [-0.15, -0.1) is 0 Å². The van der Waals surface area contributed by atoms with Gasteiger partial charge >= 0.3 is 18.2 Å². The molecule has 40 heavy (non-hydrogen) atoms. The van der Waals surface area contributed by atoms with E-state index in [-0.39, 0.29) is 19.6 Å². The topological polar surface area (TPSA) is 124 Å². The van der Waals surface area contributed by atoms with Gasteiger partial charge in [0.25, 0.3) is 0 Å². The molecule has 1 aromatic carbocycles. The maximum atomic E-state index is 13.8. The Kier molecular flexibility index (Phi) is 9.42. The molecule has 0 aliphatic carbocycles. The summed E-state index contributed by atoms with van der Waals surface area (Å²) in [6.07, 6.45) is 2.71. The molecule has 0 radical (unpaired) electrons. The molecular formula is C29H41N3O8. The molecule has 1 aromatic rings. The monoisotopic (exact) mass is 559 g/mol. The van der Waals surface area contributed by atoms with E-state index in [0.29, 0.717) is 26.1 Å². The zero-order valence-corrected chi connectivity index (χ0v) is 23.9. The molecule has 11 heteroatoms. The third-order valence-electron chi connectivity index (χ3n) is 7.61. The summed E-state index contributed by atoms with van der Waals surface area (Å²) < 4.78 is 22.0. The van der Waals surface area contributed by atoms with Crippen molar-refractivity contribution in [2.45, 2.75) is 90.6 Å². The first-order valence-corrected chi connectivity index (χ1v) is 14.1. The Morgan fingerprint density at radius 3 is 2.35 bits per heavy atom. The molecule has 220 valence electrons. The van der Waals surface area contributed by atoms with Crippen LogP contribution in [0.2, 0.25) is 0 Å². The first-order chi connectivity index (χ1) is 19.1. The van der Waals surface area contributed by atoms with Crippen LogP contribution in [-0.2, 0) is 36.9 Å². The van der Waals surface area contributed by atoms with Gasteiger partial charge in [-0.2, -0.15) is 0 Å². The highest BCUT2D eigenvalue weighted by Crippen LogP contribution is 2.31. The van der Waals surface area contributed by atoms with E-state index >= 15 is 0 Å². The molecule has 3 heterocycles. The van der Waals surface area contributed by atoms with Gasteiger partial charge in [-0.25, -0.2) is 14.4 Å². The normalized spacial score (nSPS) is 25.1. The molecule has 5 bridgehead atoms. The molecule has 1 unspecified atom stereocenters. The fraction of sp³-hybridized carbons (Fsp3) is 0.655. The Labute approximate surface area is 235 Å². The van der Waals surface area contributed by atoms with E-state index in [4.69, 9.17) is 18.9 Å². The van der Waals surface area contributed by atoms with Gasteiger partial charge in [0.15, 0.2) is 0 Å². The number of hydrogen-bond donors (Lipinski definition) is 1. The van der Waals surface area contributed by atoms with Crippen LogP contribution in [0.3, 0.4) is 0 Å². The molecule has 11 nitrogen and oxygen atoms in total. The van der Waals surface area contributed by atoms with Crippen LogP contribution in [-0.4, -0.2) is 78.9 Å². The lowest BCUT2D eigenvalue weighted by Crippen LogP contribution is -2.57. The molecule has 1 saturated heterocycles. The molecular weight excluding hydrogens is 518 g/mol. The minimum atomic E-state index is -0.967. The first-order valence-electron chi connectivity index (χ1n) is 14.1. The fourth-order valence-electron chi connectivity index (χ4n) is 5.36. The molecule has 0 saturated carbocycles. The van der Waals surface area contributed by atoms with Gasteiger partial charge in [-0.3, -0.25) is 9.69 Å². The number of rotatable bonds is 1. The van der Waals surface area contributed by atoms with Gasteiger partial charge < -0.3 is 29.2 Å². The van der Waals surface area contributed by atoms with Gasteiger partial charge in [0.2, 0.25) is 5.91 Å². The van der Waals surface area contributed by atoms with Crippen LogP contribution < -0.4 is 10.1 Å². The number of hydrogen-bond acceptors (Lipinski definition) is 8. The van der Waals surface area contributed by atoms with Crippen LogP contribution >= 0.6 is 0 Å². The average Bonchev–Trinajstić information content (AvgIpc) is 3.53. The zero-order chi connectivity index (χ0) is 28.9. The average molecular weight is 560 g/mol. The van der Waals surface area contributed by atoms with Gasteiger partial charge in [0.05, 0.1) is 26.9 Å². The minimum Gasteiger partial charge on any atom is -0.494 e. The second kappa shape index (κ2) is 12.8. The van der Waals surface area contributed by atoms with Crippen molar-refractivity contribution in [3.05, 3.63) is 29.3 Å². The third kappa shape index (κ3) is 7.17. The van der Waals surface area contributed by atoms with E-state index in [1.807, 2.05) is 39.0 Å². The Morgan fingerprint density at radius 1 is 0.975 bits per heavy atom. The highest BCUT2D eigenvalue weighted by atomic mass is 16.6. The van der Waals surface area contributed by atoms with E-state index in [1.165, 1.54) is 12.0 Å². The highest BCUT2D eigenvalue weighted by molar-refractivity contribution is 5.91. The summed E-state index contributed by atoms with van der Waals surface area (Å²) in [5, 5.41) is 2.70. The second-order valence-corrected chi connectivity index (χ2v) is 11.8. The van der Waals surface area contributed by atoms with Crippen molar-refractivity contribution in [3.8, 4) is 5.75 Å². The van der Waals surface area contributed by atoms with Crippen molar-refractivity contribution >= 4 is 24.1 Å². The number of carbonyl (C=O) groups excluding carboxylic acids is 4. The number of amides is 3. The smallest absolute Gasteiger partial charge is 0.410 e.